The first-order valence-electron chi connectivity index (χ1n) is 7.30. The number of hydrogen-bond donors (Lipinski definition) is 1. The highest BCUT2D eigenvalue weighted by Gasteiger charge is 2.08. The fourth-order valence-electron chi connectivity index (χ4n) is 2.45. The van der Waals surface area contributed by atoms with Gasteiger partial charge in [0.2, 0.25) is 5.95 Å². The van der Waals surface area contributed by atoms with Gasteiger partial charge in [0.25, 0.3) is 0 Å². The van der Waals surface area contributed by atoms with Crippen LogP contribution in [0.3, 0.4) is 0 Å². The predicted molar refractivity (Wildman–Crippen MR) is 87.1 cm³/mol. The highest BCUT2D eigenvalue weighted by atomic mass is 15.3. The summed E-state index contributed by atoms with van der Waals surface area (Å²) in [6.07, 6.45) is 3.46. The van der Waals surface area contributed by atoms with Crippen molar-refractivity contribution < 1.29 is 0 Å². The average Bonchev–Trinajstić information content (AvgIpc) is 2.87. The van der Waals surface area contributed by atoms with E-state index in [-0.39, 0.29) is 6.04 Å². The Morgan fingerprint density at radius 1 is 1.05 bits per heavy atom. The molecule has 112 valence electrons. The molecule has 0 saturated carbocycles. The summed E-state index contributed by atoms with van der Waals surface area (Å²) in [6.45, 7) is 6.16. The lowest BCUT2D eigenvalue weighted by Gasteiger charge is -2.14. The third-order valence-electron chi connectivity index (χ3n) is 3.56. The third kappa shape index (κ3) is 2.98. The van der Waals surface area contributed by atoms with E-state index < -0.39 is 0 Å². The first-order chi connectivity index (χ1) is 10.6. The molecule has 3 aromatic rings. The molecule has 2 aromatic heterocycles. The summed E-state index contributed by atoms with van der Waals surface area (Å²) < 4.78 is 1.96. The topological polar surface area (TPSA) is 55.6 Å². The van der Waals surface area contributed by atoms with Gasteiger partial charge < -0.3 is 5.32 Å². The number of benzene rings is 1. The van der Waals surface area contributed by atoms with E-state index in [1.165, 1.54) is 5.56 Å². The maximum absolute atomic E-state index is 4.50. The van der Waals surface area contributed by atoms with Gasteiger partial charge in [-0.25, -0.2) is 14.6 Å². The highest BCUT2D eigenvalue weighted by molar-refractivity contribution is 5.39. The molecule has 22 heavy (non-hydrogen) atoms. The molecule has 0 aliphatic carbocycles. The van der Waals surface area contributed by atoms with Crippen molar-refractivity contribution in [2.24, 2.45) is 0 Å². The molecule has 0 radical (unpaired) electrons. The van der Waals surface area contributed by atoms with Crippen LogP contribution in [0, 0.1) is 13.8 Å². The lowest BCUT2D eigenvalue weighted by atomic mass is 10.1. The van der Waals surface area contributed by atoms with Crippen LogP contribution in [0.15, 0.2) is 48.8 Å². The van der Waals surface area contributed by atoms with Crippen molar-refractivity contribution in [3.05, 3.63) is 65.7 Å². The Bertz CT molecular complexity index is 746. The number of aromatic nitrogens is 4. The summed E-state index contributed by atoms with van der Waals surface area (Å²) in [5.74, 6) is 0.637. The van der Waals surface area contributed by atoms with E-state index in [9.17, 15) is 0 Å². The number of nitrogens with zero attached hydrogens (tertiary/aromatic N) is 4. The Morgan fingerprint density at radius 3 is 2.32 bits per heavy atom. The molecule has 3 rings (SSSR count). The standard InChI is InChI=1S/C17H19N5/c1-12-11-13(2)22(21-12)16-7-5-15(6-8-16)14(3)20-17-18-9-4-10-19-17/h4-11,14H,1-3H3,(H,18,19,20). The van der Waals surface area contributed by atoms with Crippen molar-refractivity contribution in [3.8, 4) is 5.69 Å². The molecule has 5 heteroatoms. The van der Waals surface area contributed by atoms with Crippen LogP contribution in [-0.2, 0) is 0 Å². The first kappa shape index (κ1) is 14.3. The van der Waals surface area contributed by atoms with E-state index >= 15 is 0 Å². The zero-order chi connectivity index (χ0) is 15.5. The molecule has 0 saturated heterocycles. The zero-order valence-electron chi connectivity index (χ0n) is 13.0. The van der Waals surface area contributed by atoms with Gasteiger partial charge in [-0.1, -0.05) is 12.1 Å². The molecular weight excluding hydrogens is 274 g/mol. The lowest BCUT2D eigenvalue weighted by molar-refractivity contribution is 0.826. The normalized spacial score (nSPS) is 12.1. The van der Waals surface area contributed by atoms with Gasteiger partial charge in [-0.15, -0.1) is 0 Å². The van der Waals surface area contributed by atoms with E-state index in [0.29, 0.717) is 5.95 Å². The number of anilines is 1. The van der Waals surface area contributed by atoms with E-state index in [1.807, 2.05) is 11.6 Å². The van der Waals surface area contributed by atoms with Crippen molar-refractivity contribution in [1.82, 2.24) is 19.7 Å². The zero-order valence-corrected chi connectivity index (χ0v) is 13.0. The van der Waals surface area contributed by atoms with E-state index in [1.54, 1.807) is 18.5 Å². The third-order valence-corrected chi connectivity index (χ3v) is 3.56. The van der Waals surface area contributed by atoms with Crippen molar-refractivity contribution in [3.63, 3.8) is 0 Å². The van der Waals surface area contributed by atoms with Crippen LogP contribution in [0.25, 0.3) is 5.69 Å². The van der Waals surface area contributed by atoms with Gasteiger partial charge in [0.15, 0.2) is 0 Å². The lowest BCUT2D eigenvalue weighted by Crippen LogP contribution is -2.09. The largest absolute Gasteiger partial charge is 0.348 e. The molecule has 1 aromatic carbocycles. The van der Waals surface area contributed by atoms with E-state index in [2.05, 4.69) is 64.6 Å². The molecule has 0 fully saturated rings. The smallest absolute Gasteiger partial charge is 0.223 e. The summed E-state index contributed by atoms with van der Waals surface area (Å²) in [6, 6.07) is 12.4. The average molecular weight is 293 g/mol. The van der Waals surface area contributed by atoms with Crippen LogP contribution < -0.4 is 5.32 Å². The summed E-state index contributed by atoms with van der Waals surface area (Å²) >= 11 is 0. The van der Waals surface area contributed by atoms with E-state index in [4.69, 9.17) is 0 Å². The van der Waals surface area contributed by atoms with Crippen molar-refractivity contribution in [2.75, 3.05) is 5.32 Å². The van der Waals surface area contributed by atoms with Gasteiger partial charge in [0.05, 0.1) is 17.4 Å². The van der Waals surface area contributed by atoms with Crippen LogP contribution in [0.4, 0.5) is 5.95 Å². The summed E-state index contributed by atoms with van der Waals surface area (Å²) in [4.78, 5) is 8.37. The van der Waals surface area contributed by atoms with Gasteiger partial charge in [0, 0.05) is 18.1 Å². The number of nitrogens with one attached hydrogen (secondary N) is 1. The van der Waals surface area contributed by atoms with Crippen LogP contribution in [-0.4, -0.2) is 19.7 Å². The van der Waals surface area contributed by atoms with Gasteiger partial charge >= 0.3 is 0 Å². The second kappa shape index (κ2) is 5.97. The summed E-state index contributed by atoms with van der Waals surface area (Å²) in [5, 5.41) is 7.79. The maximum atomic E-state index is 4.50. The van der Waals surface area contributed by atoms with Crippen LogP contribution in [0.2, 0.25) is 0 Å². The molecule has 0 bridgehead atoms. The van der Waals surface area contributed by atoms with Crippen LogP contribution in [0.5, 0.6) is 0 Å². The number of hydrogen-bond acceptors (Lipinski definition) is 4. The monoisotopic (exact) mass is 293 g/mol. The molecule has 5 nitrogen and oxygen atoms in total. The van der Waals surface area contributed by atoms with Crippen LogP contribution >= 0.6 is 0 Å². The van der Waals surface area contributed by atoms with E-state index in [0.717, 1.165) is 17.1 Å². The second-order valence-corrected chi connectivity index (χ2v) is 5.37. The van der Waals surface area contributed by atoms with Gasteiger partial charge in [-0.05, 0) is 50.6 Å². The fraction of sp³-hybridized carbons (Fsp3) is 0.235. The fourth-order valence-corrected chi connectivity index (χ4v) is 2.45. The minimum atomic E-state index is 0.136. The molecule has 0 aliphatic rings. The highest BCUT2D eigenvalue weighted by Crippen LogP contribution is 2.19. The van der Waals surface area contributed by atoms with Crippen molar-refractivity contribution >= 4 is 5.95 Å². The van der Waals surface area contributed by atoms with Gasteiger partial charge in [0.1, 0.15) is 0 Å². The molecular formula is C17H19N5. The Balaban J connectivity index is 1.78. The molecule has 0 aliphatic heterocycles. The number of rotatable bonds is 4. The molecule has 1 unspecified atom stereocenters. The van der Waals surface area contributed by atoms with Crippen molar-refractivity contribution in [2.45, 2.75) is 26.8 Å². The Labute approximate surface area is 130 Å². The molecule has 0 spiro atoms. The summed E-state index contributed by atoms with van der Waals surface area (Å²) in [5.41, 5.74) is 4.40. The van der Waals surface area contributed by atoms with Crippen LogP contribution in [0.1, 0.15) is 29.9 Å². The Morgan fingerprint density at radius 2 is 1.73 bits per heavy atom. The molecule has 0 amide bonds. The minimum absolute atomic E-state index is 0.136. The van der Waals surface area contributed by atoms with Gasteiger partial charge in [-0.2, -0.15) is 5.10 Å². The summed E-state index contributed by atoms with van der Waals surface area (Å²) in [7, 11) is 0. The molecule has 1 N–H and O–H groups in total. The first-order valence-corrected chi connectivity index (χ1v) is 7.30. The SMILES string of the molecule is Cc1cc(C)n(-c2ccc(C(C)Nc3ncccn3)cc2)n1. The predicted octanol–water partition coefficient (Wildman–Crippen LogP) is 3.45. The maximum Gasteiger partial charge on any atom is 0.223 e. The quantitative estimate of drug-likeness (QED) is 0.800. The van der Waals surface area contributed by atoms with Gasteiger partial charge in [-0.3, -0.25) is 0 Å². The second-order valence-electron chi connectivity index (χ2n) is 5.37. The number of aryl methyl sites for hydroxylation is 2. The molecule has 1 atom stereocenters. The van der Waals surface area contributed by atoms with Crippen molar-refractivity contribution in [1.29, 1.82) is 0 Å². The Hall–Kier alpha value is -2.69. The Kier molecular flexibility index (Phi) is 3.87. The molecule has 2 heterocycles. The minimum Gasteiger partial charge on any atom is -0.348 e.